The monoisotopic (exact) mass is 306 g/mol. The summed E-state index contributed by atoms with van der Waals surface area (Å²) >= 11 is 0. The molecule has 2 aliphatic rings. The van der Waals surface area contributed by atoms with E-state index in [1.54, 1.807) is 0 Å². The minimum atomic E-state index is 0.334. The molecule has 22 heavy (non-hydrogen) atoms. The number of rotatable bonds is 6. The highest BCUT2D eigenvalue weighted by atomic mass is 16.5. The van der Waals surface area contributed by atoms with Gasteiger partial charge in [-0.25, -0.2) is 0 Å². The summed E-state index contributed by atoms with van der Waals surface area (Å²) in [6, 6.07) is 4.54. The minimum Gasteiger partial charge on any atom is -0.465 e. The van der Waals surface area contributed by atoms with Crippen LogP contribution in [0.5, 0.6) is 0 Å². The average Bonchev–Trinajstić information content (AvgIpc) is 2.99. The highest BCUT2D eigenvalue weighted by molar-refractivity contribution is 5.10. The summed E-state index contributed by atoms with van der Waals surface area (Å²) in [4.78, 5) is 2.50. The van der Waals surface area contributed by atoms with E-state index in [4.69, 9.17) is 9.15 Å². The highest BCUT2D eigenvalue weighted by Gasteiger charge is 2.25. The van der Waals surface area contributed by atoms with Crippen LogP contribution in [0.4, 0.5) is 0 Å². The molecule has 2 fully saturated rings. The molecule has 4 heteroatoms. The molecule has 1 aliphatic carbocycles. The average molecular weight is 306 g/mol. The van der Waals surface area contributed by atoms with Crippen molar-refractivity contribution in [1.29, 1.82) is 0 Å². The number of furan rings is 1. The second kappa shape index (κ2) is 8.14. The topological polar surface area (TPSA) is 37.6 Å². The van der Waals surface area contributed by atoms with Gasteiger partial charge in [-0.15, -0.1) is 0 Å². The molecule has 4 nitrogen and oxygen atoms in total. The Hall–Kier alpha value is -0.840. The van der Waals surface area contributed by atoms with Crippen LogP contribution in [0, 0.1) is 12.8 Å². The minimum absolute atomic E-state index is 0.334. The molecule has 1 atom stereocenters. The van der Waals surface area contributed by atoms with Gasteiger partial charge in [-0.2, -0.15) is 0 Å². The van der Waals surface area contributed by atoms with E-state index in [2.05, 4.69) is 22.3 Å². The number of nitrogens with one attached hydrogen (secondary N) is 1. The summed E-state index contributed by atoms with van der Waals surface area (Å²) in [5.41, 5.74) is 0. The Morgan fingerprint density at radius 1 is 1.18 bits per heavy atom. The summed E-state index contributed by atoms with van der Waals surface area (Å²) in [5.74, 6) is 2.97. The lowest BCUT2D eigenvalue weighted by Crippen LogP contribution is -2.43. The Kier molecular flexibility index (Phi) is 5.93. The maximum Gasteiger partial charge on any atom is 0.122 e. The molecule has 1 saturated heterocycles. The van der Waals surface area contributed by atoms with Gasteiger partial charge in [0.15, 0.2) is 0 Å². The van der Waals surface area contributed by atoms with Crippen LogP contribution < -0.4 is 5.32 Å². The first-order valence-electron chi connectivity index (χ1n) is 8.92. The van der Waals surface area contributed by atoms with Crippen molar-refractivity contribution in [2.75, 3.05) is 39.4 Å². The van der Waals surface area contributed by atoms with Crippen LogP contribution in [-0.4, -0.2) is 44.3 Å². The number of morpholine rings is 1. The number of nitrogens with zero attached hydrogens (tertiary/aromatic N) is 1. The van der Waals surface area contributed by atoms with Crippen molar-refractivity contribution >= 4 is 0 Å². The van der Waals surface area contributed by atoms with Gasteiger partial charge >= 0.3 is 0 Å². The zero-order valence-corrected chi connectivity index (χ0v) is 13.9. The summed E-state index contributed by atoms with van der Waals surface area (Å²) in [6.45, 7) is 7.81. The molecular weight excluding hydrogens is 276 g/mol. The lowest BCUT2D eigenvalue weighted by Gasteiger charge is -2.34. The number of hydrogen-bond acceptors (Lipinski definition) is 4. The van der Waals surface area contributed by atoms with Crippen molar-refractivity contribution in [2.24, 2.45) is 5.92 Å². The Labute approximate surface area is 134 Å². The second-order valence-electron chi connectivity index (χ2n) is 6.77. The summed E-state index contributed by atoms with van der Waals surface area (Å²) in [6.07, 6.45) is 7.05. The zero-order chi connectivity index (χ0) is 15.2. The first-order chi connectivity index (χ1) is 10.8. The van der Waals surface area contributed by atoms with Crippen LogP contribution in [-0.2, 0) is 4.74 Å². The Morgan fingerprint density at radius 3 is 2.64 bits per heavy atom. The van der Waals surface area contributed by atoms with Gasteiger partial charge in [-0.05, 0) is 44.4 Å². The largest absolute Gasteiger partial charge is 0.465 e. The van der Waals surface area contributed by atoms with Gasteiger partial charge in [0.25, 0.3) is 0 Å². The predicted molar refractivity (Wildman–Crippen MR) is 88.0 cm³/mol. The summed E-state index contributed by atoms with van der Waals surface area (Å²) in [7, 11) is 0. The summed E-state index contributed by atoms with van der Waals surface area (Å²) < 4.78 is 11.4. The van der Waals surface area contributed by atoms with Crippen LogP contribution in [0.25, 0.3) is 0 Å². The van der Waals surface area contributed by atoms with Crippen molar-refractivity contribution in [3.05, 3.63) is 23.7 Å². The molecule has 1 saturated carbocycles. The number of hydrogen-bond donors (Lipinski definition) is 1. The van der Waals surface area contributed by atoms with Gasteiger partial charge in [0.2, 0.25) is 0 Å². The first-order valence-corrected chi connectivity index (χ1v) is 8.92. The van der Waals surface area contributed by atoms with Crippen molar-refractivity contribution in [3.8, 4) is 0 Å². The van der Waals surface area contributed by atoms with Crippen LogP contribution >= 0.6 is 0 Å². The molecule has 0 spiro atoms. The fraction of sp³-hybridized carbons (Fsp3) is 0.778. The van der Waals surface area contributed by atoms with Gasteiger partial charge in [0.1, 0.15) is 11.5 Å². The van der Waals surface area contributed by atoms with E-state index in [1.807, 2.05) is 6.92 Å². The molecule has 3 rings (SSSR count). The van der Waals surface area contributed by atoms with Crippen LogP contribution in [0.3, 0.4) is 0 Å². The van der Waals surface area contributed by atoms with Gasteiger partial charge in [0, 0.05) is 19.6 Å². The smallest absolute Gasteiger partial charge is 0.122 e. The molecule has 1 unspecified atom stereocenters. The molecule has 2 heterocycles. The standard InChI is InChI=1S/C18H30N2O2/c1-15-7-8-18(22-15)17(20-9-11-21-12-10-20)14-19-13-16-5-3-2-4-6-16/h7-8,16-17,19H,2-6,9-14H2,1H3. The fourth-order valence-corrected chi connectivity index (χ4v) is 3.75. The SMILES string of the molecule is Cc1ccc(C(CNCC2CCCCC2)N2CCOCC2)o1. The van der Waals surface area contributed by atoms with E-state index in [9.17, 15) is 0 Å². The van der Waals surface area contributed by atoms with Crippen molar-refractivity contribution < 1.29 is 9.15 Å². The van der Waals surface area contributed by atoms with E-state index >= 15 is 0 Å². The third-order valence-electron chi connectivity index (χ3n) is 5.07. The molecule has 124 valence electrons. The van der Waals surface area contributed by atoms with E-state index < -0.39 is 0 Å². The van der Waals surface area contributed by atoms with Crippen molar-refractivity contribution in [1.82, 2.24) is 10.2 Å². The van der Waals surface area contributed by atoms with Crippen molar-refractivity contribution in [2.45, 2.75) is 45.1 Å². The van der Waals surface area contributed by atoms with E-state index in [0.717, 1.165) is 56.8 Å². The third-order valence-corrected chi connectivity index (χ3v) is 5.07. The molecule has 1 aromatic rings. The Morgan fingerprint density at radius 2 is 1.95 bits per heavy atom. The molecule has 0 amide bonds. The zero-order valence-electron chi connectivity index (χ0n) is 13.9. The van der Waals surface area contributed by atoms with E-state index in [0.29, 0.717) is 6.04 Å². The quantitative estimate of drug-likeness (QED) is 0.876. The van der Waals surface area contributed by atoms with E-state index in [1.165, 1.54) is 32.1 Å². The van der Waals surface area contributed by atoms with Crippen LogP contribution in [0.1, 0.15) is 49.7 Å². The van der Waals surface area contributed by atoms with Crippen molar-refractivity contribution in [3.63, 3.8) is 0 Å². The third kappa shape index (κ3) is 4.34. The maximum absolute atomic E-state index is 5.92. The molecule has 0 radical (unpaired) electrons. The molecular formula is C18H30N2O2. The van der Waals surface area contributed by atoms with Crippen LogP contribution in [0.2, 0.25) is 0 Å². The maximum atomic E-state index is 5.92. The summed E-state index contributed by atoms with van der Waals surface area (Å²) in [5, 5.41) is 3.72. The lowest BCUT2D eigenvalue weighted by molar-refractivity contribution is 0.0113. The lowest BCUT2D eigenvalue weighted by atomic mass is 9.89. The second-order valence-corrected chi connectivity index (χ2v) is 6.77. The fourth-order valence-electron chi connectivity index (χ4n) is 3.75. The Balaban J connectivity index is 1.55. The molecule has 1 aromatic heterocycles. The number of aryl methyl sites for hydroxylation is 1. The first kappa shape index (κ1) is 16.0. The van der Waals surface area contributed by atoms with Gasteiger partial charge < -0.3 is 14.5 Å². The predicted octanol–water partition coefficient (Wildman–Crippen LogP) is 3.13. The van der Waals surface area contributed by atoms with Gasteiger partial charge in [-0.3, -0.25) is 4.90 Å². The molecule has 1 aliphatic heterocycles. The molecule has 0 bridgehead atoms. The molecule has 1 N–H and O–H groups in total. The van der Waals surface area contributed by atoms with Crippen LogP contribution in [0.15, 0.2) is 16.5 Å². The van der Waals surface area contributed by atoms with Gasteiger partial charge in [0.05, 0.1) is 19.3 Å². The number of ether oxygens (including phenoxy) is 1. The van der Waals surface area contributed by atoms with E-state index in [-0.39, 0.29) is 0 Å². The Bertz CT molecular complexity index is 434. The highest BCUT2D eigenvalue weighted by Crippen LogP contribution is 2.25. The molecule has 0 aromatic carbocycles. The van der Waals surface area contributed by atoms with Gasteiger partial charge in [-0.1, -0.05) is 19.3 Å². The normalized spacial score (nSPS) is 22.8.